The highest BCUT2D eigenvalue weighted by Gasteiger charge is 2.31. The van der Waals surface area contributed by atoms with Crippen LogP contribution in [0.5, 0.6) is 5.75 Å². The van der Waals surface area contributed by atoms with Crippen LogP contribution in [0.15, 0.2) is 27.6 Å². The normalized spacial score (nSPS) is 17.6. The lowest BCUT2D eigenvalue weighted by Gasteiger charge is -2.29. The van der Waals surface area contributed by atoms with E-state index in [-0.39, 0.29) is 16.7 Å². The third-order valence-corrected chi connectivity index (χ3v) is 6.17. The Balaban J connectivity index is 2.21. The predicted octanol–water partition coefficient (Wildman–Crippen LogP) is 1.34. The second kappa shape index (κ2) is 6.33. The summed E-state index contributed by atoms with van der Waals surface area (Å²) in [5.41, 5.74) is 5.26. The van der Waals surface area contributed by atoms with Crippen molar-refractivity contribution < 1.29 is 17.9 Å². The number of benzene rings is 1. The molecule has 1 amide bonds. The highest BCUT2D eigenvalue weighted by molar-refractivity contribution is 9.10. The Morgan fingerprint density at radius 1 is 1.38 bits per heavy atom. The summed E-state index contributed by atoms with van der Waals surface area (Å²) >= 11 is 3.29. The van der Waals surface area contributed by atoms with Crippen LogP contribution < -0.4 is 10.5 Å². The molecule has 1 saturated heterocycles. The zero-order chi connectivity index (χ0) is 15.6. The summed E-state index contributed by atoms with van der Waals surface area (Å²) in [4.78, 5) is 11.3. The molecule has 0 unspecified atom stereocenters. The van der Waals surface area contributed by atoms with Crippen molar-refractivity contribution in [1.82, 2.24) is 4.31 Å². The number of nitrogens with two attached hydrogens (primary N) is 1. The molecule has 0 spiro atoms. The van der Waals surface area contributed by atoms with Crippen LogP contribution in [0.1, 0.15) is 12.8 Å². The van der Waals surface area contributed by atoms with Gasteiger partial charge < -0.3 is 10.5 Å². The molecule has 0 bridgehead atoms. The molecule has 0 saturated carbocycles. The zero-order valence-electron chi connectivity index (χ0n) is 11.6. The molecule has 116 valence electrons. The quantitative estimate of drug-likeness (QED) is 0.858. The average Bonchev–Trinajstić information content (AvgIpc) is 2.47. The predicted molar refractivity (Wildman–Crippen MR) is 81.4 cm³/mol. The van der Waals surface area contributed by atoms with Crippen LogP contribution in [0.4, 0.5) is 0 Å². The first kappa shape index (κ1) is 16.3. The molecule has 0 aliphatic carbocycles. The summed E-state index contributed by atoms with van der Waals surface area (Å²) < 4.78 is 32.4. The van der Waals surface area contributed by atoms with Crippen molar-refractivity contribution in [3.05, 3.63) is 22.7 Å². The third kappa shape index (κ3) is 3.38. The summed E-state index contributed by atoms with van der Waals surface area (Å²) in [6, 6.07) is 4.66. The Kier molecular flexibility index (Phi) is 4.90. The number of nitrogens with zero attached hydrogens (tertiary/aromatic N) is 1. The van der Waals surface area contributed by atoms with Gasteiger partial charge in [0, 0.05) is 25.1 Å². The fourth-order valence-corrected chi connectivity index (χ4v) is 4.22. The summed E-state index contributed by atoms with van der Waals surface area (Å²) in [5, 5.41) is 0. The van der Waals surface area contributed by atoms with Gasteiger partial charge in [0.05, 0.1) is 16.5 Å². The van der Waals surface area contributed by atoms with Gasteiger partial charge in [-0.1, -0.05) is 0 Å². The van der Waals surface area contributed by atoms with E-state index in [1.165, 1.54) is 23.5 Å². The number of halogens is 1. The van der Waals surface area contributed by atoms with Crippen molar-refractivity contribution in [2.75, 3.05) is 20.2 Å². The number of ether oxygens (including phenoxy) is 1. The molecule has 6 nitrogen and oxygen atoms in total. The van der Waals surface area contributed by atoms with Crippen molar-refractivity contribution in [2.24, 2.45) is 11.7 Å². The molecular formula is C13H17BrN2O4S. The number of sulfonamides is 1. The molecule has 0 atom stereocenters. The lowest BCUT2D eigenvalue weighted by Crippen LogP contribution is -2.41. The number of primary amides is 1. The topological polar surface area (TPSA) is 89.7 Å². The van der Waals surface area contributed by atoms with E-state index in [0.29, 0.717) is 36.2 Å². The van der Waals surface area contributed by atoms with E-state index in [9.17, 15) is 13.2 Å². The number of methoxy groups -OCH3 is 1. The smallest absolute Gasteiger partial charge is 0.243 e. The number of amides is 1. The highest BCUT2D eigenvalue weighted by Crippen LogP contribution is 2.30. The summed E-state index contributed by atoms with van der Waals surface area (Å²) in [5.74, 6) is -0.142. The Bertz CT molecular complexity index is 640. The van der Waals surface area contributed by atoms with E-state index >= 15 is 0 Å². The maximum absolute atomic E-state index is 12.6. The van der Waals surface area contributed by atoms with Crippen molar-refractivity contribution in [3.8, 4) is 5.75 Å². The minimum atomic E-state index is -3.58. The molecule has 2 N–H and O–H groups in total. The molecule has 1 fully saturated rings. The van der Waals surface area contributed by atoms with Crippen LogP contribution in [-0.2, 0) is 14.8 Å². The van der Waals surface area contributed by atoms with E-state index < -0.39 is 10.0 Å². The molecule has 2 rings (SSSR count). The number of rotatable bonds is 4. The van der Waals surface area contributed by atoms with Gasteiger partial charge in [0.1, 0.15) is 5.75 Å². The number of hydrogen-bond acceptors (Lipinski definition) is 4. The SMILES string of the molecule is COc1cc(S(=O)(=O)N2CCC(C(N)=O)CC2)ccc1Br. The second-order valence-electron chi connectivity index (χ2n) is 4.88. The van der Waals surface area contributed by atoms with Gasteiger partial charge in [-0.2, -0.15) is 4.31 Å². The lowest BCUT2D eigenvalue weighted by molar-refractivity contribution is -0.122. The monoisotopic (exact) mass is 376 g/mol. The van der Waals surface area contributed by atoms with Crippen molar-refractivity contribution in [1.29, 1.82) is 0 Å². The maximum atomic E-state index is 12.6. The van der Waals surface area contributed by atoms with E-state index in [4.69, 9.17) is 10.5 Å². The molecule has 1 aromatic carbocycles. The number of hydrogen-bond donors (Lipinski definition) is 1. The minimum Gasteiger partial charge on any atom is -0.496 e. The summed E-state index contributed by atoms with van der Waals surface area (Å²) in [6.07, 6.45) is 0.921. The van der Waals surface area contributed by atoms with Crippen LogP contribution in [0.3, 0.4) is 0 Å². The summed E-state index contributed by atoms with van der Waals surface area (Å²) in [7, 11) is -2.10. The molecule has 21 heavy (non-hydrogen) atoms. The Morgan fingerprint density at radius 2 is 2.00 bits per heavy atom. The minimum absolute atomic E-state index is 0.181. The molecule has 1 heterocycles. The van der Waals surface area contributed by atoms with E-state index in [1.54, 1.807) is 6.07 Å². The van der Waals surface area contributed by atoms with Crippen LogP contribution in [-0.4, -0.2) is 38.8 Å². The van der Waals surface area contributed by atoms with E-state index in [1.807, 2.05) is 0 Å². The van der Waals surface area contributed by atoms with Gasteiger partial charge in [-0.15, -0.1) is 0 Å². The van der Waals surface area contributed by atoms with Crippen molar-refractivity contribution in [2.45, 2.75) is 17.7 Å². The number of carbonyl (C=O) groups is 1. The van der Waals surface area contributed by atoms with Crippen LogP contribution in [0, 0.1) is 5.92 Å². The molecule has 0 aromatic heterocycles. The number of carbonyl (C=O) groups excluding carboxylic acids is 1. The Labute approximate surface area is 132 Å². The van der Waals surface area contributed by atoms with Crippen LogP contribution >= 0.6 is 15.9 Å². The fraction of sp³-hybridized carbons (Fsp3) is 0.462. The fourth-order valence-electron chi connectivity index (χ4n) is 2.33. The first-order valence-corrected chi connectivity index (χ1v) is 8.72. The highest BCUT2D eigenvalue weighted by atomic mass is 79.9. The lowest BCUT2D eigenvalue weighted by atomic mass is 9.98. The van der Waals surface area contributed by atoms with Gasteiger partial charge in [-0.25, -0.2) is 8.42 Å². The van der Waals surface area contributed by atoms with Crippen molar-refractivity contribution >= 4 is 31.9 Å². The number of piperidine rings is 1. The van der Waals surface area contributed by atoms with Gasteiger partial charge in [-0.05, 0) is 40.9 Å². The average molecular weight is 377 g/mol. The molecule has 1 aliphatic rings. The van der Waals surface area contributed by atoms with Gasteiger partial charge in [0.2, 0.25) is 15.9 Å². The molecule has 1 aliphatic heterocycles. The first-order chi connectivity index (χ1) is 9.86. The molecular weight excluding hydrogens is 360 g/mol. The molecule has 1 aromatic rings. The van der Waals surface area contributed by atoms with Gasteiger partial charge >= 0.3 is 0 Å². The zero-order valence-corrected chi connectivity index (χ0v) is 14.0. The van der Waals surface area contributed by atoms with Gasteiger partial charge in [0.15, 0.2) is 0 Å². The van der Waals surface area contributed by atoms with E-state index in [0.717, 1.165) is 0 Å². The van der Waals surface area contributed by atoms with E-state index in [2.05, 4.69) is 15.9 Å². The molecule has 0 radical (unpaired) electrons. The Morgan fingerprint density at radius 3 is 2.52 bits per heavy atom. The second-order valence-corrected chi connectivity index (χ2v) is 7.67. The maximum Gasteiger partial charge on any atom is 0.243 e. The van der Waals surface area contributed by atoms with Gasteiger partial charge in [-0.3, -0.25) is 4.79 Å². The molecule has 8 heteroatoms. The third-order valence-electron chi connectivity index (χ3n) is 3.62. The Hall–Kier alpha value is -1.12. The first-order valence-electron chi connectivity index (χ1n) is 6.49. The van der Waals surface area contributed by atoms with Crippen LogP contribution in [0.25, 0.3) is 0 Å². The van der Waals surface area contributed by atoms with Crippen LogP contribution in [0.2, 0.25) is 0 Å². The largest absolute Gasteiger partial charge is 0.496 e. The summed E-state index contributed by atoms with van der Waals surface area (Å²) in [6.45, 7) is 0.600. The standard InChI is InChI=1S/C13H17BrN2O4S/c1-20-12-8-10(2-3-11(12)14)21(18,19)16-6-4-9(5-7-16)13(15)17/h2-3,8-9H,4-7H2,1H3,(H2,15,17). The van der Waals surface area contributed by atoms with Gasteiger partial charge in [0.25, 0.3) is 0 Å². The van der Waals surface area contributed by atoms with Crippen molar-refractivity contribution in [3.63, 3.8) is 0 Å².